The lowest BCUT2D eigenvalue weighted by molar-refractivity contribution is -0.138. The molecule has 0 bridgehead atoms. The Kier molecular flexibility index (Phi) is 5.80. The summed E-state index contributed by atoms with van der Waals surface area (Å²) >= 11 is 0. The van der Waals surface area contributed by atoms with E-state index in [-0.39, 0.29) is 12.1 Å². The van der Waals surface area contributed by atoms with E-state index in [9.17, 15) is 9.59 Å². The molecule has 25 heavy (non-hydrogen) atoms. The fourth-order valence-corrected chi connectivity index (χ4v) is 2.69. The zero-order chi connectivity index (χ0) is 18.4. The van der Waals surface area contributed by atoms with E-state index < -0.39 is 17.4 Å². The van der Waals surface area contributed by atoms with Crippen LogP contribution in [0.1, 0.15) is 43.6 Å². The Morgan fingerprint density at radius 2 is 1.88 bits per heavy atom. The molecule has 1 heterocycles. The highest BCUT2D eigenvalue weighted by molar-refractivity contribution is 5.95. The molecule has 0 unspecified atom stereocenters. The van der Waals surface area contributed by atoms with Crippen LogP contribution in [0.2, 0.25) is 0 Å². The van der Waals surface area contributed by atoms with Crippen LogP contribution in [-0.4, -0.2) is 39.4 Å². The van der Waals surface area contributed by atoms with E-state index in [2.05, 4.69) is 10.4 Å². The van der Waals surface area contributed by atoms with Crippen molar-refractivity contribution in [2.75, 3.05) is 7.11 Å². The second-order valence-corrected chi connectivity index (χ2v) is 5.84. The monoisotopic (exact) mass is 345 g/mol. The first-order valence-electron chi connectivity index (χ1n) is 8.18. The highest BCUT2D eigenvalue weighted by atomic mass is 16.5. The largest absolute Gasteiger partial charge is 0.493 e. The van der Waals surface area contributed by atoms with Crippen molar-refractivity contribution in [3.05, 3.63) is 42.2 Å². The molecule has 0 saturated heterocycles. The van der Waals surface area contributed by atoms with E-state index in [4.69, 9.17) is 9.84 Å². The second kappa shape index (κ2) is 7.83. The van der Waals surface area contributed by atoms with Gasteiger partial charge in [-0.3, -0.25) is 9.59 Å². The standard InChI is InChI=1S/C18H23N3O4/c1-4-18(5-2,11-15(22)23)19-17(24)16-14(25-3)12-21(20-16)13-9-7-6-8-10-13/h6-10,12H,4-5,11H2,1-3H3,(H,19,24)(H,22,23). The summed E-state index contributed by atoms with van der Waals surface area (Å²) in [7, 11) is 1.47. The molecule has 0 saturated carbocycles. The third-order valence-corrected chi connectivity index (χ3v) is 4.36. The van der Waals surface area contributed by atoms with Crippen molar-refractivity contribution in [1.82, 2.24) is 15.1 Å². The molecule has 134 valence electrons. The van der Waals surface area contributed by atoms with Crippen molar-refractivity contribution in [3.8, 4) is 11.4 Å². The van der Waals surface area contributed by atoms with E-state index >= 15 is 0 Å². The molecule has 2 rings (SSSR count). The summed E-state index contributed by atoms with van der Waals surface area (Å²) in [5.41, 5.74) is 0.107. The van der Waals surface area contributed by atoms with E-state index in [1.165, 1.54) is 7.11 Å². The molecule has 1 aromatic heterocycles. The van der Waals surface area contributed by atoms with Gasteiger partial charge in [-0.1, -0.05) is 32.0 Å². The predicted octanol–water partition coefficient (Wildman–Crippen LogP) is 2.64. The fraction of sp³-hybridized carbons (Fsp3) is 0.389. The Labute approximate surface area is 146 Å². The summed E-state index contributed by atoms with van der Waals surface area (Å²) in [5.74, 6) is -1.07. The molecule has 0 aliphatic rings. The quantitative estimate of drug-likeness (QED) is 0.767. The Bertz CT molecular complexity index is 736. The van der Waals surface area contributed by atoms with Gasteiger partial charge in [0.25, 0.3) is 5.91 Å². The predicted molar refractivity (Wildman–Crippen MR) is 93.1 cm³/mol. The van der Waals surface area contributed by atoms with Gasteiger partial charge in [-0.15, -0.1) is 0 Å². The molecular formula is C18H23N3O4. The van der Waals surface area contributed by atoms with E-state index in [1.54, 1.807) is 10.9 Å². The van der Waals surface area contributed by atoms with Gasteiger partial charge in [0.15, 0.2) is 11.4 Å². The molecular weight excluding hydrogens is 322 g/mol. The van der Waals surface area contributed by atoms with Crippen molar-refractivity contribution in [2.45, 2.75) is 38.6 Å². The normalized spacial score (nSPS) is 11.2. The number of aliphatic carboxylic acids is 1. The van der Waals surface area contributed by atoms with E-state index in [0.717, 1.165) is 5.69 Å². The summed E-state index contributed by atoms with van der Waals surface area (Å²) < 4.78 is 6.83. The van der Waals surface area contributed by atoms with Crippen molar-refractivity contribution >= 4 is 11.9 Å². The second-order valence-electron chi connectivity index (χ2n) is 5.84. The minimum absolute atomic E-state index is 0.128. The minimum atomic E-state index is -0.953. The lowest BCUT2D eigenvalue weighted by atomic mass is 9.89. The Morgan fingerprint density at radius 1 is 1.24 bits per heavy atom. The molecule has 0 fully saturated rings. The number of hydrogen-bond donors (Lipinski definition) is 2. The number of rotatable bonds is 8. The molecule has 1 amide bonds. The Balaban J connectivity index is 2.32. The summed E-state index contributed by atoms with van der Waals surface area (Å²) in [6, 6.07) is 9.35. The molecule has 1 aromatic carbocycles. The molecule has 2 aromatic rings. The van der Waals surface area contributed by atoms with Crippen molar-refractivity contribution in [3.63, 3.8) is 0 Å². The van der Waals surface area contributed by atoms with Crippen LogP contribution in [0.15, 0.2) is 36.5 Å². The first kappa shape index (κ1) is 18.5. The number of ether oxygens (including phenoxy) is 1. The minimum Gasteiger partial charge on any atom is -0.493 e. The third-order valence-electron chi connectivity index (χ3n) is 4.36. The van der Waals surface area contributed by atoms with E-state index in [0.29, 0.717) is 18.6 Å². The number of amides is 1. The molecule has 7 heteroatoms. The molecule has 0 spiro atoms. The molecule has 0 radical (unpaired) electrons. The number of aromatic nitrogens is 2. The number of carbonyl (C=O) groups excluding carboxylic acids is 1. The summed E-state index contributed by atoms with van der Waals surface area (Å²) in [6.45, 7) is 3.71. The molecule has 2 N–H and O–H groups in total. The summed E-state index contributed by atoms with van der Waals surface area (Å²) in [5, 5.41) is 16.3. The lowest BCUT2D eigenvalue weighted by Crippen LogP contribution is -2.49. The number of nitrogens with one attached hydrogen (secondary N) is 1. The van der Waals surface area contributed by atoms with Gasteiger partial charge in [0.1, 0.15) is 0 Å². The maximum Gasteiger partial charge on any atom is 0.305 e. The Morgan fingerprint density at radius 3 is 2.40 bits per heavy atom. The zero-order valence-corrected chi connectivity index (χ0v) is 14.7. The lowest BCUT2D eigenvalue weighted by Gasteiger charge is -2.31. The van der Waals surface area contributed by atoms with Gasteiger partial charge in [0, 0.05) is 0 Å². The number of hydrogen-bond acceptors (Lipinski definition) is 4. The SMILES string of the molecule is CCC(CC)(CC(=O)O)NC(=O)c1nn(-c2ccccc2)cc1OC. The average molecular weight is 345 g/mol. The number of benzene rings is 1. The van der Waals surface area contributed by atoms with Crippen LogP contribution in [0.25, 0.3) is 5.69 Å². The highest BCUT2D eigenvalue weighted by Crippen LogP contribution is 2.24. The number of carbonyl (C=O) groups is 2. The molecule has 0 aliphatic heterocycles. The van der Waals surface area contributed by atoms with Gasteiger partial charge in [0.2, 0.25) is 0 Å². The number of methoxy groups -OCH3 is 1. The van der Waals surface area contributed by atoms with Gasteiger partial charge in [-0.05, 0) is 25.0 Å². The van der Waals surface area contributed by atoms with Gasteiger partial charge in [-0.2, -0.15) is 5.10 Å². The van der Waals surface area contributed by atoms with Crippen LogP contribution in [0.3, 0.4) is 0 Å². The maximum atomic E-state index is 12.7. The number of para-hydroxylation sites is 1. The average Bonchev–Trinajstić information content (AvgIpc) is 3.06. The van der Waals surface area contributed by atoms with Crippen LogP contribution in [-0.2, 0) is 4.79 Å². The van der Waals surface area contributed by atoms with Crippen LogP contribution >= 0.6 is 0 Å². The van der Waals surface area contributed by atoms with Crippen molar-refractivity contribution in [1.29, 1.82) is 0 Å². The Hall–Kier alpha value is -2.83. The third kappa shape index (κ3) is 4.17. The van der Waals surface area contributed by atoms with Crippen molar-refractivity contribution < 1.29 is 19.4 Å². The maximum absolute atomic E-state index is 12.7. The van der Waals surface area contributed by atoms with Crippen LogP contribution in [0.4, 0.5) is 0 Å². The number of carboxylic acid groups (broad SMARTS) is 1. The van der Waals surface area contributed by atoms with Gasteiger partial charge in [-0.25, -0.2) is 4.68 Å². The molecule has 0 aliphatic carbocycles. The number of nitrogens with zero attached hydrogens (tertiary/aromatic N) is 2. The van der Waals surface area contributed by atoms with Crippen LogP contribution in [0.5, 0.6) is 5.75 Å². The first-order chi connectivity index (χ1) is 11.9. The van der Waals surface area contributed by atoms with Gasteiger partial charge < -0.3 is 15.2 Å². The smallest absolute Gasteiger partial charge is 0.305 e. The molecule has 7 nitrogen and oxygen atoms in total. The fourth-order valence-electron chi connectivity index (χ4n) is 2.69. The highest BCUT2D eigenvalue weighted by Gasteiger charge is 2.33. The zero-order valence-electron chi connectivity index (χ0n) is 14.7. The van der Waals surface area contributed by atoms with Crippen LogP contribution < -0.4 is 10.1 Å². The van der Waals surface area contributed by atoms with Crippen molar-refractivity contribution in [2.24, 2.45) is 0 Å². The van der Waals surface area contributed by atoms with Crippen LogP contribution in [0, 0.1) is 0 Å². The number of carboxylic acids is 1. The first-order valence-corrected chi connectivity index (χ1v) is 8.18. The van der Waals surface area contributed by atoms with E-state index in [1.807, 2.05) is 44.2 Å². The topological polar surface area (TPSA) is 93.5 Å². The molecule has 0 atom stereocenters. The van der Waals surface area contributed by atoms with Gasteiger partial charge in [0.05, 0.1) is 31.0 Å². The van der Waals surface area contributed by atoms with Gasteiger partial charge >= 0.3 is 5.97 Å². The summed E-state index contributed by atoms with van der Waals surface area (Å²) in [4.78, 5) is 23.9. The summed E-state index contributed by atoms with van der Waals surface area (Å²) in [6.07, 6.45) is 2.49.